The maximum Gasteiger partial charge on any atom is 0.192 e. The van der Waals surface area contributed by atoms with E-state index >= 15 is 0 Å². The number of hydrogen-bond donors (Lipinski definition) is 1. The van der Waals surface area contributed by atoms with Crippen molar-refractivity contribution < 1.29 is 19.0 Å². The highest BCUT2D eigenvalue weighted by atomic mass is 28.4. The highest BCUT2D eigenvalue weighted by Crippen LogP contribution is 2.58. The maximum atomic E-state index is 11.5. The molecule has 1 aliphatic carbocycles. The molecular formula is C22H44O4Si. The molecule has 0 bridgehead atoms. The smallest absolute Gasteiger partial charge is 0.192 e. The van der Waals surface area contributed by atoms with Gasteiger partial charge in [-0.15, -0.1) is 0 Å². The SMILES string of the molecule is CCC1(CCC(C)O[Si](C)(C)C(C)(C)C)CCC2(OCCO2)C(C)(C)C1O. The second kappa shape index (κ2) is 7.71. The summed E-state index contributed by atoms with van der Waals surface area (Å²) in [6.45, 7) is 21.4. The van der Waals surface area contributed by atoms with Crippen LogP contribution in [0.3, 0.4) is 0 Å². The zero-order valence-electron chi connectivity index (χ0n) is 19.3. The zero-order chi connectivity index (χ0) is 20.7. The van der Waals surface area contributed by atoms with Crippen LogP contribution in [-0.4, -0.2) is 44.6 Å². The van der Waals surface area contributed by atoms with Crippen molar-refractivity contribution in [3.8, 4) is 0 Å². The van der Waals surface area contributed by atoms with Crippen LogP contribution < -0.4 is 0 Å². The predicted octanol–water partition coefficient (Wildman–Crippen LogP) is 5.50. The Kier molecular flexibility index (Phi) is 6.67. The summed E-state index contributed by atoms with van der Waals surface area (Å²) < 4.78 is 18.6. The van der Waals surface area contributed by atoms with E-state index in [1.165, 1.54) is 0 Å². The second-order valence-electron chi connectivity index (χ2n) is 11.0. The van der Waals surface area contributed by atoms with Gasteiger partial charge in [0.25, 0.3) is 0 Å². The van der Waals surface area contributed by atoms with Gasteiger partial charge < -0.3 is 19.0 Å². The fraction of sp³-hybridized carbons (Fsp3) is 1.00. The summed E-state index contributed by atoms with van der Waals surface area (Å²) in [7, 11) is -1.76. The van der Waals surface area contributed by atoms with Gasteiger partial charge in [-0.2, -0.15) is 0 Å². The van der Waals surface area contributed by atoms with Crippen LogP contribution in [0.25, 0.3) is 0 Å². The fourth-order valence-electron chi connectivity index (χ4n) is 4.86. The van der Waals surface area contributed by atoms with E-state index < -0.39 is 25.6 Å². The van der Waals surface area contributed by atoms with Crippen LogP contribution in [0.4, 0.5) is 0 Å². The summed E-state index contributed by atoms with van der Waals surface area (Å²) in [6.07, 6.45) is 4.53. The van der Waals surface area contributed by atoms with Crippen molar-refractivity contribution in [3.05, 3.63) is 0 Å². The molecule has 1 saturated heterocycles. The first kappa shape index (κ1) is 23.3. The molecule has 1 aliphatic heterocycles. The molecule has 2 aliphatic rings. The summed E-state index contributed by atoms with van der Waals surface area (Å²) in [4.78, 5) is 0. The Bertz CT molecular complexity index is 505. The quantitative estimate of drug-likeness (QED) is 0.598. The number of rotatable bonds is 6. The van der Waals surface area contributed by atoms with Crippen molar-refractivity contribution in [2.75, 3.05) is 13.2 Å². The third-order valence-corrected chi connectivity index (χ3v) is 12.6. The first-order valence-electron chi connectivity index (χ1n) is 10.9. The molecule has 0 aromatic carbocycles. The number of ether oxygens (including phenoxy) is 2. The molecular weight excluding hydrogens is 356 g/mol. The minimum Gasteiger partial charge on any atom is -0.414 e. The van der Waals surface area contributed by atoms with Crippen LogP contribution in [0, 0.1) is 10.8 Å². The van der Waals surface area contributed by atoms with Gasteiger partial charge in [-0.05, 0) is 56.2 Å². The summed E-state index contributed by atoms with van der Waals surface area (Å²) in [5, 5.41) is 11.7. The summed E-state index contributed by atoms with van der Waals surface area (Å²) >= 11 is 0. The summed E-state index contributed by atoms with van der Waals surface area (Å²) in [5.41, 5.74) is -0.504. The van der Waals surface area contributed by atoms with Crippen molar-refractivity contribution in [2.45, 2.75) is 117 Å². The Morgan fingerprint density at radius 2 is 1.70 bits per heavy atom. The Morgan fingerprint density at radius 3 is 2.19 bits per heavy atom. The molecule has 2 rings (SSSR count). The molecule has 160 valence electrons. The van der Waals surface area contributed by atoms with Crippen molar-refractivity contribution >= 4 is 8.32 Å². The average Bonchev–Trinajstić information content (AvgIpc) is 3.03. The van der Waals surface area contributed by atoms with Crippen molar-refractivity contribution in [3.63, 3.8) is 0 Å². The van der Waals surface area contributed by atoms with E-state index in [1.807, 2.05) is 0 Å². The van der Waals surface area contributed by atoms with Gasteiger partial charge in [-0.1, -0.05) is 41.5 Å². The molecule has 3 unspecified atom stereocenters. The monoisotopic (exact) mass is 400 g/mol. The van der Waals surface area contributed by atoms with E-state index in [-0.39, 0.29) is 16.6 Å². The highest BCUT2D eigenvalue weighted by molar-refractivity contribution is 6.74. The predicted molar refractivity (Wildman–Crippen MR) is 113 cm³/mol. The van der Waals surface area contributed by atoms with Crippen LogP contribution >= 0.6 is 0 Å². The number of aliphatic hydroxyl groups is 1. The van der Waals surface area contributed by atoms with Gasteiger partial charge >= 0.3 is 0 Å². The molecule has 5 heteroatoms. The van der Waals surface area contributed by atoms with E-state index in [0.29, 0.717) is 13.2 Å². The van der Waals surface area contributed by atoms with Gasteiger partial charge in [0, 0.05) is 17.9 Å². The van der Waals surface area contributed by atoms with Gasteiger partial charge in [0.15, 0.2) is 14.1 Å². The minimum absolute atomic E-state index is 0.0882. The normalized spacial score (nSPS) is 32.0. The van der Waals surface area contributed by atoms with Gasteiger partial charge in [0.2, 0.25) is 0 Å². The Balaban J connectivity index is 2.08. The van der Waals surface area contributed by atoms with Gasteiger partial charge in [-0.3, -0.25) is 0 Å². The Morgan fingerprint density at radius 1 is 1.15 bits per heavy atom. The van der Waals surface area contributed by atoms with E-state index in [2.05, 4.69) is 61.6 Å². The summed E-state index contributed by atoms with van der Waals surface area (Å²) in [6, 6.07) is 0. The lowest BCUT2D eigenvalue weighted by Gasteiger charge is -2.57. The van der Waals surface area contributed by atoms with Gasteiger partial charge in [0.1, 0.15) is 0 Å². The van der Waals surface area contributed by atoms with E-state index in [1.54, 1.807) is 0 Å². The maximum absolute atomic E-state index is 11.5. The zero-order valence-corrected chi connectivity index (χ0v) is 20.3. The van der Waals surface area contributed by atoms with Gasteiger partial charge in [-0.25, -0.2) is 0 Å². The van der Waals surface area contributed by atoms with Crippen LogP contribution in [0.15, 0.2) is 0 Å². The fourth-order valence-corrected chi connectivity index (χ4v) is 6.33. The molecule has 27 heavy (non-hydrogen) atoms. The lowest BCUT2D eigenvalue weighted by molar-refractivity contribution is -0.300. The van der Waals surface area contributed by atoms with Crippen LogP contribution in [-0.2, 0) is 13.9 Å². The minimum atomic E-state index is -1.76. The van der Waals surface area contributed by atoms with Crippen LogP contribution in [0.1, 0.15) is 80.6 Å². The molecule has 0 aromatic rings. The molecule has 0 radical (unpaired) electrons. The topological polar surface area (TPSA) is 47.9 Å². The van der Waals surface area contributed by atoms with E-state index in [0.717, 1.165) is 32.1 Å². The molecule has 1 heterocycles. The molecule has 0 aromatic heterocycles. The molecule has 3 atom stereocenters. The summed E-state index contributed by atoms with van der Waals surface area (Å²) in [5.74, 6) is -0.617. The first-order chi connectivity index (χ1) is 12.2. The second-order valence-corrected chi connectivity index (χ2v) is 15.8. The van der Waals surface area contributed by atoms with Crippen molar-refractivity contribution in [1.29, 1.82) is 0 Å². The third-order valence-electron chi connectivity index (χ3n) is 8.01. The standard InChI is InChI=1S/C22H44O4Si/c1-10-21(12-11-17(2)26-27(8,9)19(3,4)5)13-14-22(24-15-16-25-22)20(6,7)18(21)23/h17-18,23H,10-16H2,1-9H3. The van der Waals surface area contributed by atoms with Crippen LogP contribution in [0.2, 0.25) is 18.1 Å². The first-order valence-corrected chi connectivity index (χ1v) is 13.8. The van der Waals surface area contributed by atoms with Crippen LogP contribution in [0.5, 0.6) is 0 Å². The Hall–Kier alpha value is 0.0569. The molecule has 0 amide bonds. The highest BCUT2D eigenvalue weighted by Gasteiger charge is 2.62. The molecule has 1 saturated carbocycles. The average molecular weight is 401 g/mol. The van der Waals surface area contributed by atoms with E-state index in [4.69, 9.17) is 13.9 Å². The largest absolute Gasteiger partial charge is 0.414 e. The van der Waals surface area contributed by atoms with Crippen molar-refractivity contribution in [1.82, 2.24) is 0 Å². The Labute approximate surface area is 168 Å². The van der Waals surface area contributed by atoms with Crippen molar-refractivity contribution in [2.24, 2.45) is 10.8 Å². The number of aliphatic hydroxyl groups excluding tert-OH is 1. The number of hydrogen-bond acceptors (Lipinski definition) is 4. The lowest BCUT2D eigenvalue weighted by Crippen LogP contribution is -2.62. The molecule has 1 spiro atoms. The van der Waals surface area contributed by atoms with E-state index in [9.17, 15) is 5.11 Å². The molecule has 2 fully saturated rings. The third kappa shape index (κ3) is 4.18. The molecule has 4 nitrogen and oxygen atoms in total. The lowest BCUT2D eigenvalue weighted by atomic mass is 9.55. The molecule has 1 N–H and O–H groups in total. The van der Waals surface area contributed by atoms with Gasteiger partial charge in [0.05, 0.1) is 19.3 Å².